The van der Waals surface area contributed by atoms with E-state index in [1.807, 2.05) is 30.3 Å². The lowest BCUT2D eigenvalue weighted by molar-refractivity contribution is 0.622. The highest BCUT2D eigenvalue weighted by Gasteiger charge is 2.06. The fraction of sp³-hybridized carbons (Fsp3) is 0.200. The Kier molecular flexibility index (Phi) is 5.25. The number of nitrogens with two attached hydrogens (primary N) is 1. The summed E-state index contributed by atoms with van der Waals surface area (Å²) in [5.74, 6) is -0.201. The van der Waals surface area contributed by atoms with E-state index in [0.29, 0.717) is 11.6 Å². The first-order chi connectivity index (χ1) is 9.19. The molecule has 0 aliphatic heterocycles. The summed E-state index contributed by atoms with van der Waals surface area (Å²) in [4.78, 5) is 2.15. The Morgan fingerprint density at radius 3 is 2.53 bits per heavy atom. The zero-order valence-corrected chi connectivity index (χ0v) is 12.0. The highest BCUT2D eigenvalue weighted by molar-refractivity contribution is 7.99. The van der Waals surface area contributed by atoms with Crippen molar-refractivity contribution in [1.29, 1.82) is 0 Å². The Bertz CT molecular complexity index is 542. The molecule has 0 heterocycles. The zero-order chi connectivity index (χ0) is 13.7. The van der Waals surface area contributed by atoms with E-state index in [1.54, 1.807) is 17.8 Å². The topological polar surface area (TPSA) is 26.0 Å². The molecular weight excluding hydrogens is 281 g/mol. The lowest BCUT2D eigenvalue weighted by atomic mass is 10.1. The summed E-state index contributed by atoms with van der Waals surface area (Å²) in [5.41, 5.74) is 6.52. The van der Waals surface area contributed by atoms with E-state index in [4.69, 9.17) is 17.3 Å². The molecule has 100 valence electrons. The van der Waals surface area contributed by atoms with Gasteiger partial charge in [0.2, 0.25) is 0 Å². The van der Waals surface area contributed by atoms with Crippen LogP contribution in [0.5, 0.6) is 0 Å². The minimum atomic E-state index is -0.201. The van der Waals surface area contributed by atoms with Gasteiger partial charge in [0.05, 0.1) is 0 Å². The van der Waals surface area contributed by atoms with Crippen LogP contribution in [-0.4, -0.2) is 6.54 Å². The van der Waals surface area contributed by atoms with Gasteiger partial charge in [0, 0.05) is 14.8 Å². The zero-order valence-electron chi connectivity index (χ0n) is 10.4. The van der Waals surface area contributed by atoms with Gasteiger partial charge in [-0.15, -0.1) is 0 Å². The second kappa shape index (κ2) is 6.94. The lowest BCUT2D eigenvalue weighted by Gasteiger charge is -2.09. The van der Waals surface area contributed by atoms with Crippen molar-refractivity contribution in [3.8, 4) is 0 Å². The van der Waals surface area contributed by atoms with Crippen molar-refractivity contribution in [2.24, 2.45) is 5.73 Å². The number of hydrogen-bond acceptors (Lipinski definition) is 2. The number of hydrogen-bond donors (Lipinski definition) is 1. The Morgan fingerprint density at radius 1 is 1.11 bits per heavy atom. The van der Waals surface area contributed by atoms with Crippen molar-refractivity contribution in [3.63, 3.8) is 0 Å². The van der Waals surface area contributed by atoms with Gasteiger partial charge in [-0.1, -0.05) is 23.4 Å². The fourth-order valence-electron chi connectivity index (χ4n) is 1.77. The van der Waals surface area contributed by atoms with E-state index in [9.17, 15) is 4.39 Å². The molecule has 2 aromatic carbocycles. The molecule has 0 radical (unpaired) electrons. The standard InChI is InChI=1S/C15H15ClFNS/c16-12-3-6-14(7-4-12)19-15-8-5-13(17)10-11(15)2-1-9-18/h3-8,10H,1-2,9,18H2. The third kappa shape index (κ3) is 4.23. The van der Waals surface area contributed by atoms with Gasteiger partial charge in [-0.25, -0.2) is 4.39 Å². The maximum atomic E-state index is 13.3. The molecular formula is C15H15ClFNS. The SMILES string of the molecule is NCCCc1cc(F)ccc1Sc1ccc(Cl)cc1. The molecule has 0 aliphatic rings. The molecule has 4 heteroatoms. The normalized spacial score (nSPS) is 10.7. The molecule has 2 aromatic rings. The molecule has 0 atom stereocenters. The van der Waals surface area contributed by atoms with Gasteiger partial charge in [0.25, 0.3) is 0 Å². The monoisotopic (exact) mass is 295 g/mol. The highest BCUT2D eigenvalue weighted by Crippen LogP contribution is 2.32. The molecule has 2 N–H and O–H groups in total. The molecule has 0 spiro atoms. The molecule has 0 saturated carbocycles. The maximum Gasteiger partial charge on any atom is 0.123 e. The Labute approximate surface area is 122 Å². The summed E-state index contributed by atoms with van der Waals surface area (Å²) in [5, 5.41) is 0.715. The molecule has 19 heavy (non-hydrogen) atoms. The van der Waals surface area contributed by atoms with E-state index in [2.05, 4.69) is 0 Å². The predicted octanol–water partition coefficient (Wildman–Crippen LogP) is 4.52. The maximum absolute atomic E-state index is 13.3. The van der Waals surface area contributed by atoms with Crippen molar-refractivity contribution in [2.45, 2.75) is 22.6 Å². The van der Waals surface area contributed by atoms with Crippen LogP contribution in [0.25, 0.3) is 0 Å². The lowest BCUT2D eigenvalue weighted by Crippen LogP contribution is -2.01. The fourth-order valence-corrected chi connectivity index (χ4v) is 2.85. The molecule has 0 unspecified atom stereocenters. The van der Waals surface area contributed by atoms with Gasteiger partial charge in [-0.3, -0.25) is 0 Å². The predicted molar refractivity (Wildman–Crippen MR) is 79.4 cm³/mol. The smallest absolute Gasteiger partial charge is 0.123 e. The third-order valence-electron chi connectivity index (χ3n) is 2.71. The van der Waals surface area contributed by atoms with Gasteiger partial charge < -0.3 is 5.73 Å². The minimum absolute atomic E-state index is 0.201. The van der Waals surface area contributed by atoms with E-state index >= 15 is 0 Å². The highest BCUT2D eigenvalue weighted by atomic mass is 35.5. The van der Waals surface area contributed by atoms with Crippen molar-refractivity contribution < 1.29 is 4.39 Å². The summed E-state index contributed by atoms with van der Waals surface area (Å²) >= 11 is 7.48. The molecule has 1 nitrogen and oxygen atoms in total. The van der Waals surface area contributed by atoms with Crippen molar-refractivity contribution in [3.05, 3.63) is 58.9 Å². The summed E-state index contributed by atoms with van der Waals surface area (Å²) in [7, 11) is 0. The first kappa shape index (κ1) is 14.4. The average molecular weight is 296 g/mol. The van der Waals surface area contributed by atoms with Crippen LogP contribution < -0.4 is 5.73 Å². The van der Waals surface area contributed by atoms with Crippen molar-refractivity contribution in [2.75, 3.05) is 6.54 Å². The summed E-state index contributed by atoms with van der Waals surface area (Å²) in [6.45, 7) is 0.613. The number of rotatable bonds is 5. The van der Waals surface area contributed by atoms with Gasteiger partial charge in [0.1, 0.15) is 5.82 Å². The molecule has 0 bridgehead atoms. The molecule has 0 aromatic heterocycles. The van der Waals surface area contributed by atoms with Crippen LogP contribution in [0.1, 0.15) is 12.0 Å². The second-order valence-electron chi connectivity index (χ2n) is 4.20. The quantitative estimate of drug-likeness (QED) is 0.877. The van der Waals surface area contributed by atoms with Crippen LogP contribution in [0.4, 0.5) is 4.39 Å². The summed E-state index contributed by atoms with van der Waals surface area (Å²) < 4.78 is 13.3. The van der Waals surface area contributed by atoms with E-state index in [1.165, 1.54) is 6.07 Å². The van der Waals surface area contributed by atoms with Crippen LogP contribution in [0.2, 0.25) is 5.02 Å². The van der Waals surface area contributed by atoms with Gasteiger partial charge in [-0.2, -0.15) is 0 Å². The Balaban J connectivity index is 2.20. The first-order valence-corrected chi connectivity index (χ1v) is 7.30. The van der Waals surface area contributed by atoms with Gasteiger partial charge in [-0.05, 0) is 67.4 Å². The largest absolute Gasteiger partial charge is 0.330 e. The van der Waals surface area contributed by atoms with Gasteiger partial charge in [0.15, 0.2) is 0 Å². The van der Waals surface area contributed by atoms with Crippen LogP contribution >= 0.6 is 23.4 Å². The number of halogens is 2. The minimum Gasteiger partial charge on any atom is -0.330 e. The Morgan fingerprint density at radius 2 is 1.84 bits per heavy atom. The average Bonchev–Trinajstić information content (AvgIpc) is 2.41. The van der Waals surface area contributed by atoms with Crippen molar-refractivity contribution >= 4 is 23.4 Å². The van der Waals surface area contributed by atoms with Crippen LogP contribution in [0, 0.1) is 5.82 Å². The third-order valence-corrected chi connectivity index (χ3v) is 4.09. The molecule has 0 saturated heterocycles. The summed E-state index contributed by atoms with van der Waals surface area (Å²) in [6, 6.07) is 12.5. The van der Waals surface area contributed by atoms with E-state index < -0.39 is 0 Å². The van der Waals surface area contributed by atoms with E-state index in [0.717, 1.165) is 28.2 Å². The first-order valence-electron chi connectivity index (χ1n) is 6.11. The molecule has 0 amide bonds. The van der Waals surface area contributed by atoms with Crippen LogP contribution in [-0.2, 0) is 6.42 Å². The van der Waals surface area contributed by atoms with Crippen LogP contribution in [0.3, 0.4) is 0 Å². The van der Waals surface area contributed by atoms with Crippen LogP contribution in [0.15, 0.2) is 52.3 Å². The van der Waals surface area contributed by atoms with Crippen molar-refractivity contribution in [1.82, 2.24) is 0 Å². The molecule has 0 fully saturated rings. The number of benzene rings is 2. The number of aryl methyl sites for hydroxylation is 1. The molecule has 2 rings (SSSR count). The van der Waals surface area contributed by atoms with Gasteiger partial charge >= 0.3 is 0 Å². The second-order valence-corrected chi connectivity index (χ2v) is 5.75. The Hall–Kier alpha value is -1.03. The van der Waals surface area contributed by atoms with E-state index in [-0.39, 0.29) is 5.82 Å². The summed E-state index contributed by atoms with van der Waals surface area (Å²) in [6.07, 6.45) is 1.65. The molecule has 0 aliphatic carbocycles.